The first-order valence-corrected chi connectivity index (χ1v) is 7.80. The molecule has 18 heavy (non-hydrogen) atoms. The highest BCUT2D eigenvalue weighted by Crippen LogP contribution is 2.32. The molecule has 2 aromatic heterocycles. The number of thiazole rings is 1. The molecule has 1 N–H and O–H groups in total. The van der Waals surface area contributed by atoms with E-state index in [0.29, 0.717) is 11.6 Å². The van der Waals surface area contributed by atoms with Crippen LogP contribution in [0.5, 0.6) is 0 Å². The zero-order valence-corrected chi connectivity index (χ0v) is 11.7. The van der Waals surface area contributed by atoms with E-state index in [1.807, 2.05) is 22.9 Å². The Bertz CT molecular complexity index is 543. The summed E-state index contributed by atoms with van der Waals surface area (Å²) in [6, 6.07) is 4.29. The van der Waals surface area contributed by atoms with Gasteiger partial charge in [0.1, 0.15) is 10.7 Å². The van der Waals surface area contributed by atoms with Crippen molar-refractivity contribution >= 4 is 28.6 Å². The van der Waals surface area contributed by atoms with Crippen molar-refractivity contribution in [1.82, 2.24) is 10.3 Å². The minimum Gasteiger partial charge on any atom is -0.348 e. The van der Waals surface area contributed by atoms with Gasteiger partial charge in [0.2, 0.25) is 0 Å². The molecule has 0 aliphatic heterocycles. The second-order valence-corrected chi connectivity index (χ2v) is 6.42. The average Bonchev–Trinajstić information content (AvgIpc) is 2.89. The second kappa shape index (κ2) is 4.82. The zero-order valence-electron chi connectivity index (χ0n) is 10.1. The van der Waals surface area contributed by atoms with Gasteiger partial charge in [0.15, 0.2) is 0 Å². The van der Waals surface area contributed by atoms with Crippen LogP contribution in [0.2, 0.25) is 0 Å². The lowest BCUT2D eigenvalue weighted by atomic mass is 10.2. The maximum absolute atomic E-state index is 12.0. The average molecular weight is 278 g/mol. The Morgan fingerprint density at radius 1 is 1.50 bits per heavy atom. The van der Waals surface area contributed by atoms with Gasteiger partial charge in [-0.25, -0.2) is 4.98 Å². The molecule has 2 aromatic rings. The summed E-state index contributed by atoms with van der Waals surface area (Å²) in [5.74, 6) is 0.623. The van der Waals surface area contributed by atoms with Gasteiger partial charge in [-0.2, -0.15) is 0 Å². The second-order valence-electron chi connectivity index (χ2n) is 4.61. The number of nitrogens with one attached hydrogen (secondary N) is 1. The Hall–Kier alpha value is -1.20. The van der Waals surface area contributed by atoms with E-state index in [-0.39, 0.29) is 11.9 Å². The fraction of sp³-hybridized carbons (Fsp3) is 0.385. The molecule has 1 atom stereocenters. The van der Waals surface area contributed by atoms with Crippen LogP contribution in [0, 0.1) is 5.92 Å². The highest BCUT2D eigenvalue weighted by atomic mass is 32.1. The van der Waals surface area contributed by atoms with E-state index in [4.69, 9.17) is 0 Å². The van der Waals surface area contributed by atoms with Crippen LogP contribution in [0.1, 0.15) is 30.3 Å². The Morgan fingerprint density at radius 2 is 2.33 bits per heavy atom. The monoisotopic (exact) mass is 278 g/mol. The summed E-state index contributed by atoms with van der Waals surface area (Å²) in [4.78, 5) is 17.5. The fourth-order valence-corrected chi connectivity index (χ4v) is 3.50. The molecule has 0 aromatic carbocycles. The number of rotatable bonds is 4. The molecule has 1 aliphatic carbocycles. The minimum atomic E-state index is -0.0477. The maximum Gasteiger partial charge on any atom is 0.270 e. The molecule has 1 fully saturated rings. The van der Waals surface area contributed by atoms with Crippen molar-refractivity contribution in [3.05, 3.63) is 28.6 Å². The third kappa shape index (κ3) is 2.47. The molecule has 94 valence electrons. The van der Waals surface area contributed by atoms with Gasteiger partial charge < -0.3 is 5.32 Å². The highest BCUT2D eigenvalue weighted by Gasteiger charge is 2.29. The van der Waals surface area contributed by atoms with E-state index in [1.165, 1.54) is 24.2 Å². The molecule has 3 nitrogen and oxygen atoms in total. The van der Waals surface area contributed by atoms with Crippen molar-refractivity contribution in [2.45, 2.75) is 25.8 Å². The third-order valence-electron chi connectivity index (χ3n) is 3.16. The molecule has 3 rings (SSSR count). The third-order valence-corrected chi connectivity index (χ3v) is 5.04. The Kier molecular flexibility index (Phi) is 3.18. The highest BCUT2D eigenvalue weighted by molar-refractivity contribution is 7.20. The maximum atomic E-state index is 12.0. The van der Waals surface area contributed by atoms with E-state index in [9.17, 15) is 4.79 Å². The molecular weight excluding hydrogens is 264 g/mol. The number of aromatic nitrogens is 1. The van der Waals surface area contributed by atoms with Gasteiger partial charge in [-0.15, -0.1) is 22.7 Å². The first kappa shape index (κ1) is 11.9. The van der Waals surface area contributed by atoms with Crippen LogP contribution < -0.4 is 5.32 Å². The molecular formula is C13H14N2OS2. The molecule has 1 aliphatic rings. The number of carbonyl (C=O) groups is 1. The lowest BCUT2D eigenvalue weighted by Gasteiger charge is -2.10. The van der Waals surface area contributed by atoms with Crippen molar-refractivity contribution in [3.63, 3.8) is 0 Å². The van der Waals surface area contributed by atoms with Crippen LogP contribution in [-0.2, 0) is 0 Å². The lowest BCUT2D eigenvalue weighted by Crippen LogP contribution is -2.34. The number of amides is 1. The smallest absolute Gasteiger partial charge is 0.270 e. The number of hydrogen-bond acceptors (Lipinski definition) is 4. The summed E-state index contributed by atoms with van der Waals surface area (Å²) in [5, 5.41) is 7.81. The first-order valence-electron chi connectivity index (χ1n) is 6.04. The molecule has 1 saturated carbocycles. The van der Waals surface area contributed by atoms with Crippen molar-refractivity contribution in [2.75, 3.05) is 0 Å². The molecule has 1 unspecified atom stereocenters. The molecule has 0 saturated heterocycles. The summed E-state index contributed by atoms with van der Waals surface area (Å²) in [6.07, 6.45) is 2.47. The lowest BCUT2D eigenvalue weighted by molar-refractivity contribution is 0.0931. The van der Waals surface area contributed by atoms with Crippen molar-refractivity contribution in [3.8, 4) is 9.88 Å². The first-order chi connectivity index (χ1) is 8.74. The van der Waals surface area contributed by atoms with Crippen LogP contribution in [0.3, 0.4) is 0 Å². The summed E-state index contributed by atoms with van der Waals surface area (Å²) >= 11 is 3.17. The number of hydrogen-bond donors (Lipinski definition) is 1. The van der Waals surface area contributed by atoms with Gasteiger partial charge in [0, 0.05) is 11.4 Å². The van der Waals surface area contributed by atoms with Crippen LogP contribution >= 0.6 is 22.7 Å². The SMILES string of the molecule is CC(NC(=O)c1csc(-c2cccs2)n1)C1CC1. The summed E-state index contributed by atoms with van der Waals surface area (Å²) in [6.45, 7) is 2.07. The number of thiophene rings is 1. The number of carbonyl (C=O) groups excluding carboxylic acids is 1. The molecule has 1 amide bonds. The minimum absolute atomic E-state index is 0.0477. The van der Waals surface area contributed by atoms with Gasteiger partial charge in [-0.3, -0.25) is 4.79 Å². The molecule has 5 heteroatoms. The molecule has 0 spiro atoms. The van der Waals surface area contributed by atoms with Crippen molar-refractivity contribution in [2.24, 2.45) is 5.92 Å². The van der Waals surface area contributed by atoms with Crippen LogP contribution in [0.25, 0.3) is 9.88 Å². The van der Waals surface area contributed by atoms with Gasteiger partial charge in [0.25, 0.3) is 5.91 Å². The van der Waals surface area contributed by atoms with E-state index < -0.39 is 0 Å². The van der Waals surface area contributed by atoms with Crippen LogP contribution in [0.4, 0.5) is 0 Å². The topological polar surface area (TPSA) is 42.0 Å². The van der Waals surface area contributed by atoms with Gasteiger partial charge >= 0.3 is 0 Å². The Balaban J connectivity index is 1.70. The molecule has 0 radical (unpaired) electrons. The van der Waals surface area contributed by atoms with Crippen molar-refractivity contribution in [1.29, 1.82) is 0 Å². The number of nitrogens with zero attached hydrogens (tertiary/aromatic N) is 1. The standard InChI is InChI=1S/C13H14N2OS2/c1-8(9-4-5-9)14-12(16)10-7-18-13(15-10)11-3-2-6-17-11/h2-3,6-9H,4-5H2,1H3,(H,14,16). The van der Waals surface area contributed by atoms with Crippen LogP contribution in [-0.4, -0.2) is 16.9 Å². The van der Waals surface area contributed by atoms with E-state index >= 15 is 0 Å². The van der Waals surface area contributed by atoms with Gasteiger partial charge in [0.05, 0.1) is 4.88 Å². The molecule has 0 bridgehead atoms. The Morgan fingerprint density at radius 3 is 3.00 bits per heavy atom. The van der Waals surface area contributed by atoms with E-state index in [2.05, 4.69) is 17.2 Å². The predicted molar refractivity (Wildman–Crippen MR) is 75.1 cm³/mol. The zero-order chi connectivity index (χ0) is 12.5. The Labute approximate surface area is 114 Å². The molecule has 2 heterocycles. The van der Waals surface area contributed by atoms with E-state index in [1.54, 1.807) is 11.3 Å². The van der Waals surface area contributed by atoms with Gasteiger partial charge in [-0.05, 0) is 37.1 Å². The summed E-state index contributed by atoms with van der Waals surface area (Å²) in [5.41, 5.74) is 0.538. The normalized spacial score (nSPS) is 16.5. The van der Waals surface area contributed by atoms with Gasteiger partial charge in [-0.1, -0.05) is 6.07 Å². The summed E-state index contributed by atoms with van der Waals surface area (Å²) in [7, 11) is 0. The largest absolute Gasteiger partial charge is 0.348 e. The predicted octanol–water partition coefficient (Wildman–Crippen LogP) is 3.40. The quantitative estimate of drug-likeness (QED) is 0.931. The fourth-order valence-electron chi connectivity index (χ4n) is 1.89. The summed E-state index contributed by atoms with van der Waals surface area (Å²) < 4.78 is 0. The van der Waals surface area contributed by atoms with Crippen LogP contribution in [0.15, 0.2) is 22.9 Å². The van der Waals surface area contributed by atoms with Crippen molar-refractivity contribution < 1.29 is 4.79 Å². The van der Waals surface area contributed by atoms with E-state index in [0.717, 1.165) is 9.88 Å².